The van der Waals surface area contributed by atoms with Gasteiger partial charge in [0.25, 0.3) is 0 Å². The van der Waals surface area contributed by atoms with E-state index in [0.717, 1.165) is 0 Å². The van der Waals surface area contributed by atoms with Crippen LogP contribution in [0.15, 0.2) is 6.33 Å². The molecule has 2 aliphatic rings. The Hall–Kier alpha value is -1.65. The van der Waals surface area contributed by atoms with E-state index in [4.69, 9.17) is 23.4 Å². The quantitative estimate of drug-likeness (QED) is 0.474. The minimum absolute atomic E-state index is 0.0619. The number of hydrogen-bond acceptors (Lipinski definition) is 9. The van der Waals surface area contributed by atoms with Gasteiger partial charge in [-0.15, -0.1) is 0 Å². The van der Waals surface area contributed by atoms with Crippen molar-refractivity contribution in [2.45, 2.75) is 109 Å². The van der Waals surface area contributed by atoms with Crippen molar-refractivity contribution in [1.82, 2.24) is 19.5 Å². The maximum atomic E-state index is 17.0. The van der Waals surface area contributed by atoms with E-state index in [1.807, 2.05) is 0 Å². The Labute approximate surface area is 221 Å². The molecule has 2 aromatic heterocycles. The predicted molar refractivity (Wildman–Crippen MR) is 147 cm³/mol. The first-order valence-corrected chi connectivity index (χ1v) is 17.2. The van der Waals surface area contributed by atoms with Crippen molar-refractivity contribution < 1.29 is 22.1 Å². The Morgan fingerprint density at radius 3 is 2.19 bits per heavy atom. The van der Waals surface area contributed by atoms with Crippen molar-refractivity contribution in [3.63, 3.8) is 0 Å². The molecular weight excluding hydrogens is 511 g/mol. The van der Waals surface area contributed by atoms with Crippen LogP contribution in [-0.2, 0) is 17.7 Å². The van der Waals surface area contributed by atoms with Gasteiger partial charge in [0, 0.05) is 7.05 Å². The highest BCUT2D eigenvalue weighted by Gasteiger charge is 2.65. The number of nitrogens with one attached hydrogen (secondary N) is 1. The Morgan fingerprint density at radius 1 is 1.05 bits per heavy atom. The summed E-state index contributed by atoms with van der Waals surface area (Å²) in [7, 11) is -4.06. The average Bonchev–Trinajstić information content (AvgIpc) is 3.30. The molecule has 0 aliphatic carbocycles. The Balaban J connectivity index is 1.83. The summed E-state index contributed by atoms with van der Waals surface area (Å²) in [5.41, 5.74) is 5.42. The van der Waals surface area contributed by atoms with Crippen molar-refractivity contribution in [2.75, 3.05) is 24.7 Å². The van der Waals surface area contributed by atoms with Crippen LogP contribution in [0.3, 0.4) is 0 Å². The van der Waals surface area contributed by atoms with Crippen LogP contribution in [0.25, 0.3) is 11.2 Å². The molecular formula is C24H43FN6O4Si2. The number of imidazole rings is 1. The van der Waals surface area contributed by atoms with Gasteiger partial charge >= 0.3 is 17.1 Å². The van der Waals surface area contributed by atoms with Crippen molar-refractivity contribution in [1.29, 1.82) is 0 Å². The van der Waals surface area contributed by atoms with Crippen molar-refractivity contribution in [3.05, 3.63) is 6.33 Å². The highest BCUT2D eigenvalue weighted by Crippen LogP contribution is 2.52. The number of anilines is 2. The molecule has 0 spiro atoms. The Kier molecular flexibility index (Phi) is 7.54. The van der Waals surface area contributed by atoms with Gasteiger partial charge in [-0.2, -0.15) is 9.97 Å². The molecule has 3 N–H and O–H groups in total. The molecule has 4 atom stereocenters. The van der Waals surface area contributed by atoms with E-state index in [9.17, 15) is 0 Å². The van der Waals surface area contributed by atoms with Gasteiger partial charge in [0.05, 0.1) is 12.9 Å². The van der Waals surface area contributed by atoms with Gasteiger partial charge in [0.15, 0.2) is 28.9 Å². The van der Waals surface area contributed by atoms with E-state index in [0.29, 0.717) is 17.0 Å². The minimum atomic E-state index is -3.01. The number of alkyl halides is 1. The summed E-state index contributed by atoms with van der Waals surface area (Å²) in [5.74, 6) is 0.529. The zero-order chi connectivity index (χ0) is 27.5. The summed E-state index contributed by atoms with van der Waals surface area (Å²) >= 11 is 0. The number of rotatable bonds is 6. The fraction of sp³-hybridized carbons (Fsp3) is 0.792. The second kappa shape index (κ2) is 9.83. The zero-order valence-corrected chi connectivity index (χ0v) is 25.7. The molecule has 4 heterocycles. The largest absolute Gasteiger partial charge is 0.414 e. The lowest BCUT2D eigenvalue weighted by Crippen LogP contribution is -2.66. The first kappa shape index (κ1) is 28.4. The van der Waals surface area contributed by atoms with E-state index in [-0.39, 0.29) is 34.7 Å². The van der Waals surface area contributed by atoms with Crippen LogP contribution < -0.4 is 11.1 Å². The summed E-state index contributed by atoms with van der Waals surface area (Å²) in [6.07, 6.45) is -1.04. The Bertz CT molecular complexity index is 1110. The van der Waals surface area contributed by atoms with Crippen LogP contribution in [0.2, 0.25) is 22.2 Å². The number of nitrogens with zero attached hydrogens (tertiary/aromatic N) is 4. The van der Waals surface area contributed by atoms with Crippen LogP contribution in [-0.4, -0.2) is 68.2 Å². The van der Waals surface area contributed by atoms with Crippen molar-refractivity contribution >= 4 is 40.1 Å². The molecule has 4 rings (SSSR count). The normalized spacial score (nSPS) is 29.8. The summed E-state index contributed by atoms with van der Waals surface area (Å²) in [5, 5.41) is 2.98. The lowest BCUT2D eigenvalue weighted by atomic mass is 9.98. The number of nitrogen functional groups attached to an aromatic ring is 1. The summed E-state index contributed by atoms with van der Waals surface area (Å²) in [6.45, 7) is 18.8. The molecule has 37 heavy (non-hydrogen) atoms. The summed E-state index contributed by atoms with van der Waals surface area (Å²) in [6, 6.07) is 0. The number of halogens is 1. The third kappa shape index (κ3) is 4.40. The van der Waals surface area contributed by atoms with E-state index in [2.05, 4.69) is 75.7 Å². The molecule has 0 bridgehead atoms. The second-order valence-electron chi connectivity index (χ2n) is 11.7. The van der Waals surface area contributed by atoms with Crippen LogP contribution in [0.4, 0.5) is 16.2 Å². The zero-order valence-electron chi connectivity index (χ0n) is 23.7. The Morgan fingerprint density at radius 2 is 1.65 bits per heavy atom. The molecule has 2 aliphatic heterocycles. The van der Waals surface area contributed by atoms with Crippen LogP contribution in [0, 0.1) is 0 Å². The smallest absolute Gasteiger partial charge is 0.335 e. The maximum absolute atomic E-state index is 17.0. The van der Waals surface area contributed by atoms with Gasteiger partial charge in [0.1, 0.15) is 12.2 Å². The molecule has 0 aromatic carbocycles. The number of aromatic nitrogens is 4. The maximum Gasteiger partial charge on any atom is 0.335 e. The molecule has 0 saturated carbocycles. The van der Waals surface area contributed by atoms with E-state index < -0.39 is 41.2 Å². The predicted octanol–water partition coefficient (Wildman–Crippen LogP) is 5.03. The molecule has 0 radical (unpaired) electrons. The third-order valence-electron chi connectivity index (χ3n) is 7.93. The first-order valence-electron chi connectivity index (χ1n) is 13.2. The SMILES string of the molecule is CNc1nc(N)nc2c1ncn2[C@@H]1O[C@@H]2CO[Si](C(C)C)(C(C)C)O[Si](C(C)C)(C(C)C)O[C@H]2[C@@]1(C)F. The number of nitrogens with two attached hydrogens (primary N) is 1. The van der Waals surface area contributed by atoms with Gasteiger partial charge in [-0.3, -0.25) is 4.57 Å². The van der Waals surface area contributed by atoms with Gasteiger partial charge in [-0.05, 0) is 29.1 Å². The lowest BCUT2D eigenvalue weighted by molar-refractivity contribution is -0.0594. The first-order chi connectivity index (χ1) is 17.2. The highest BCUT2D eigenvalue weighted by atomic mass is 28.5. The van der Waals surface area contributed by atoms with Gasteiger partial charge in [-0.1, -0.05) is 55.4 Å². The standard InChI is InChI=1S/C24H43FN6O4Si2/c1-13(2)36(14(3)4)32-11-17-19(34-37(35-36,15(5)6)16(7)8)24(9,25)22(33-17)31-12-28-18-20(27-10)29-23(26)30-21(18)31/h12-17,19,22H,11H2,1-10H3,(H3,26,27,29,30)/t17-,19-,22-,24-/m1/s1. The molecule has 2 saturated heterocycles. The lowest BCUT2D eigenvalue weighted by Gasteiger charge is -2.51. The molecule has 0 amide bonds. The topological polar surface area (TPSA) is 119 Å². The number of ether oxygens (including phenoxy) is 1. The molecule has 10 nitrogen and oxygen atoms in total. The van der Waals surface area contributed by atoms with Crippen molar-refractivity contribution in [3.8, 4) is 0 Å². The summed E-state index contributed by atoms with van der Waals surface area (Å²) < 4.78 is 46.0. The third-order valence-corrected chi connectivity index (χ3v) is 18.2. The monoisotopic (exact) mass is 554 g/mol. The second-order valence-corrected chi connectivity index (χ2v) is 20.5. The van der Waals surface area contributed by atoms with E-state index >= 15 is 4.39 Å². The number of hydrogen-bond donors (Lipinski definition) is 2. The van der Waals surface area contributed by atoms with E-state index in [1.54, 1.807) is 11.6 Å². The van der Waals surface area contributed by atoms with Gasteiger partial charge < -0.3 is 28.8 Å². The highest BCUT2D eigenvalue weighted by molar-refractivity contribution is 6.84. The molecule has 208 valence electrons. The number of fused-ring (bicyclic) bond motifs is 2. The molecule has 0 unspecified atom stereocenters. The van der Waals surface area contributed by atoms with Crippen LogP contribution >= 0.6 is 0 Å². The van der Waals surface area contributed by atoms with Gasteiger partial charge in [0.2, 0.25) is 5.95 Å². The molecule has 2 aromatic rings. The summed E-state index contributed by atoms with van der Waals surface area (Å²) in [4.78, 5) is 13.0. The minimum Gasteiger partial charge on any atom is -0.414 e. The van der Waals surface area contributed by atoms with Crippen molar-refractivity contribution in [2.24, 2.45) is 0 Å². The van der Waals surface area contributed by atoms with Gasteiger partial charge in [-0.25, -0.2) is 9.37 Å². The van der Waals surface area contributed by atoms with Crippen LogP contribution in [0.5, 0.6) is 0 Å². The van der Waals surface area contributed by atoms with E-state index in [1.165, 1.54) is 13.3 Å². The fourth-order valence-electron chi connectivity index (χ4n) is 5.93. The fourth-order valence-corrected chi connectivity index (χ4v) is 17.2. The molecule has 2 fully saturated rings. The average molecular weight is 555 g/mol. The van der Waals surface area contributed by atoms with Crippen LogP contribution in [0.1, 0.15) is 68.5 Å². The molecule has 13 heteroatoms.